The van der Waals surface area contributed by atoms with E-state index in [9.17, 15) is 0 Å². The van der Waals surface area contributed by atoms with Crippen LogP contribution in [0, 0.1) is 0 Å². The smallest absolute Gasteiger partial charge is 0.224 e. The molecule has 0 aliphatic carbocycles. The second kappa shape index (κ2) is 6.73. The van der Waals surface area contributed by atoms with Crippen molar-refractivity contribution in [2.24, 2.45) is 0 Å². The normalized spacial score (nSPS) is 20.0. The Morgan fingerprint density at radius 3 is 2.89 bits per heavy atom. The fourth-order valence-corrected chi connectivity index (χ4v) is 2.47. The second-order valence-electron chi connectivity index (χ2n) is 4.74. The highest BCUT2D eigenvalue weighted by Crippen LogP contribution is 2.18. The zero-order chi connectivity index (χ0) is 12.8. The fourth-order valence-electron chi connectivity index (χ4n) is 2.47. The van der Waals surface area contributed by atoms with Crippen molar-refractivity contribution in [1.82, 2.24) is 14.8 Å². The SMILES string of the molecule is CCNc1nnc(CCC2CCCCO2)n1CC. The summed E-state index contributed by atoms with van der Waals surface area (Å²) >= 11 is 0. The van der Waals surface area contributed by atoms with Gasteiger partial charge < -0.3 is 10.1 Å². The molecule has 1 unspecified atom stereocenters. The van der Waals surface area contributed by atoms with Crippen LogP contribution in [0.5, 0.6) is 0 Å². The molecule has 18 heavy (non-hydrogen) atoms. The van der Waals surface area contributed by atoms with Crippen LogP contribution in [-0.4, -0.2) is 34.0 Å². The van der Waals surface area contributed by atoms with Crippen LogP contribution in [0.3, 0.4) is 0 Å². The quantitative estimate of drug-likeness (QED) is 0.843. The number of nitrogens with one attached hydrogen (secondary N) is 1. The van der Waals surface area contributed by atoms with Crippen LogP contribution in [0.4, 0.5) is 5.95 Å². The molecule has 1 fully saturated rings. The Labute approximate surface area is 109 Å². The van der Waals surface area contributed by atoms with Crippen molar-refractivity contribution in [1.29, 1.82) is 0 Å². The molecule has 0 saturated carbocycles. The van der Waals surface area contributed by atoms with Gasteiger partial charge in [0.1, 0.15) is 5.82 Å². The summed E-state index contributed by atoms with van der Waals surface area (Å²) in [6.07, 6.45) is 6.14. The number of nitrogens with zero attached hydrogens (tertiary/aromatic N) is 3. The summed E-state index contributed by atoms with van der Waals surface area (Å²) in [5, 5.41) is 11.7. The Balaban J connectivity index is 1.91. The first-order chi connectivity index (χ1) is 8.85. The van der Waals surface area contributed by atoms with E-state index in [0.29, 0.717) is 6.10 Å². The van der Waals surface area contributed by atoms with Crippen LogP contribution in [0.25, 0.3) is 0 Å². The van der Waals surface area contributed by atoms with Crippen molar-refractivity contribution in [3.63, 3.8) is 0 Å². The van der Waals surface area contributed by atoms with Gasteiger partial charge >= 0.3 is 0 Å². The van der Waals surface area contributed by atoms with Gasteiger partial charge in [0.05, 0.1) is 6.10 Å². The molecule has 1 aromatic rings. The standard InChI is InChI=1S/C13H24N4O/c1-3-14-13-16-15-12(17(13)4-2)9-8-11-7-5-6-10-18-11/h11H,3-10H2,1-2H3,(H,14,16). The van der Waals surface area contributed by atoms with Gasteiger partial charge in [-0.05, 0) is 39.5 Å². The number of rotatable bonds is 6. The Hall–Kier alpha value is -1.10. The lowest BCUT2D eigenvalue weighted by Crippen LogP contribution is -2.20. The minimum atomic E-state index is 0.420. The molecule has 102 valence electrons. The topological polar surface area (TPSA) is 52.0 Å². The molecule has 1 saturated heterocycles. The third-order valence-electron chi connectivity index (χ3n) is 3.44. The first-order valence-corrected chi connectivity index (χ1v) is 7.12. The average Bonchev–Trinajstić information content (AvgIpc) is 2.80. The van der Waals surface area contributed by atoms with E-state index in [-0.39, 0.29) is 0 Å². The lowest BCUT2D eigenvalue weighted by atomic mass is 10.0. The fraction of sp³-hybridized carbons (Fsp3) is 0.846. The van der Waals surface area contributed by atoms with Crippen molar-refractivity contribution in [3.8, 4) is 0 Å². The first kappa shape index (κ1) is 13.3. The summed E-state index contributed by atoms with van der Waals surface area (Å²) in [5.41, 5.74) is 0. The molecule has 0 aromatic carbocycles. The van der Waals surface area contributed by atoms with E-state index < -0.39 is 0 Å². The highest BCUT2D eigenvalue weighted by atomic mass is 16.5. The third-order valence-corrected chi connectivity index (χ3v) is 3.44. The molecule has 5 heteroatoms. The van der Waals surface area contributed by atoms with Crippen LogP contribution in [0.15, 0.2) is 0 Å². The molecule has 1 aliphatic rings. The molecule has 1 atom stereocenters. The number of hydrogen-bond acceptors (Lipinski definition) is 4. The predicted octanol–water partition coefficient (Wildman–Crippen LogP) is 2.23. The van der Waals surface area contributed by atoms with Crippen LogP contribution in [0.2, 0.25) is 0 Å². The third kappa shape index (κ3) is 3.22. The molecule has 2 heterocycles. The molecule has 1 N–H and O–H groups in total. The number of aromatic nitrogens is 3. The Morgan fingerprint density at radius 1 is 1.33 bits per heavy atom. The monoisotopic (exact) mass is 252 g/mol. The summed E-state index contributed by atoms with van der Waals surface area (Å²) in [6.45, 7) is 6.92. The van der Waals surface area contributed by atoms with Crippen LogP contribution in [-0.2, 0) is 17.7 Å². The van der Waals surface area contributed by atoms with Gasteiger partial charge in [0.2, 0.25) is 5.95 Å². The average molecular weight is 252 g/mol. The van der Waals surface area contributed by atoms with Gasteiger partial charge in [-0.2, -0.15) is 0 Å². The Kier molecular flexibility index (Phi) is 4.99. The Morgan fingerprint density at radius 2 is 2.22 bits per heavy atom. The molecular weight excluding hydrogens is 228 g/mol. The summed E-state index contributed by atoms with van der Waals surface area (Å²) in [5.74, 6) is 1.96. The lowest BCUT2D eigenvalue weighted by molar-refractivity contribution is 0.0111. The highest BCUT2D eigenvalue weighted by Gasteiger charge is 2.16. The van der Waals surface area contributed by atoms with Gasteiger partial charge in [-0.25, -0.2) is 0 Å². The van der Waals surface area contributed by atoms with Crippen molar-refractivity contribution in [3.05, 3.63) is 5.82 Å². The predicted molar refractivity (Wildman–Crippen MR) is 71.8 cm³/mol. The summed E-state index contributed by atoms with van der Waals surface area (Å²) < 4.78 is 7.91. The van der Waals surface area contributed by atoms with E-state index in [2.05, 4.69) is 33.9 Å². The Bertz CT molecular complexity index is 358. The first-order valence-electron chi connectivity index (χ1n) is 7.12. The molecular formula is C13H24N4O. The molecule has 1 aliphatic heterocycles. The van der Waals surface area contributed by atoms with Gasteiger partial charge in [0.25, 0.3) is 0 Å². The van der Waals surface area contributed by atoms with E-state index in [1.807, 2.05) is 0 Å². The van der Waals surface area contributed by atoms with Crippen LogP contribution >= 0.6 is 0 Å². The van der Waals surface area contributed by atoms with E-state index >= 15 is 0 Å². The van der Waals surface area contributed by atoms with Gasteiger partial charge in [-0.15, -0.1) is 10.2 Å². The second-order valence-corrected chi connectivity index (χ2v) is 4.74. The maximum atomic E-state index is 5.75. The van der Waals surface area contributed by atoms with Crippen molar-refractivity contribution >= 4 is 5.95 Å². The van der Waals surface area contributed by atoms with E-state index in [1.54, 1.807) is 0 Å². The maximum absolute atomic E-state index is 5.75. The molecule has 0 radical (unpaired) electrons. The van der Waals surface area contributed by atoms with Crippen molar-refractivity contribution in [2.75, 3.05) is 18.5 Å². The van der Waals surface area contributed by atoms with Gasteiger partial charge in [0, 0.05) is 26.1 Å². The lowest BCUT2D eigenvalue weighted by Gasteiger charge is -2.22. The van der Waals surface area contributed by atoms with Crippen LogP contribution < -0.4 is 5.32 Å². The molecule has 2 rings (SSSR count). The van der Waals surface area contributed by atoms with Crippen molar-refractivity contribution in [2.45, 2.75) is 58.6 Å². The summed E-state index contributed by atoms with van der Waals surface area (Å²) in [6, 6.07) is 0. The summed E-state index contributed by atoms with van der Waals surface area (Å²) in [7, 11) is 0. The number of ether oxygens (including phenoxy) is 1. The minimum absolute atomic E-state index is 0.420. The van der Waals surface area contributed by atoms with Gasteiger partial charge in [-0.3, -0.25) is 4.57 Å². The minimum Gasteiger partial charge on any atom is -0.378 e. The molecule has 0 bridgehead atoms. The van der Waals surface area contributed by atoms with E-state index in [1.165, 1.54) is 19.3 Å². The highest BCUT2D eigenvalue weighted by molar-refractivity contribution is 5.25. The largest absolute Gasteiger partial charge is 0.378 e. The maximum Gasteiger partial charge on any atom is 0.224 e. The van der Waals surface area contributed by atoms with E-state index in [4.69, 9.17) is 4.74 Å². The number of hydrogen-bond donors (Lipinski definition) is 1. The van der Waals surface area contributed by atoms with Gasteiger partial charge in [0.15, 0.2) is 0 Å². The van der Waals surface area contributed by atoms with Crippen molar-refractivity contribution < 1.29 is 4.74 Å². The summed E-state index contributed by atoms with van der Waals surface area (Å²) in [4.78, 5) is 0. The number of anilines is 1. The van der Waals surface area contributed by atoms with Gasteiger partial charge in [-0.1, -0.05) is 0 Å². The molecule has 0 amide bonds. The molecule has 1 aromatic heterocycles. The molecule has 5 nitrogen and oxygen atoms in total. The zero-order valence-corrected chi connectivity index (χ0v) is 11.5. The van der Waals surface area contributed by atoms with Crippen LogP contribution in [0.1, 0.15) is 45.4 Å². The molecule has 0 spiro atoms. The van der Waals surface area contributed by atoms with E-state index in [0.717, 1.165) is 44.3 Å². The zero-order valence-electron chi connectivity index (χ0n) is 11.5. The number of aryl methyl sites for hydroxylation is 1.